The predicted molar refractivity (Wildman–Crippen MR) is 74.8 cm³/mol. The van der Waals surface area contributed by atoms with E-state index in [-0.39, 0.29) is 5.56 Å². The Bertz CT molecular complexity index is 749. The molecule has 0 unspecified atom stereocenters. The number of aromatic amines is 2. The average molecular weight is 270 g/mol. The Balaban J connectivity index is 1.61. The van der Waals surface area contributed by atoms with Crippen molar-refractivity contribution in [1.82, 2.24) is 20.2 Å². The number of benzene rings is 1. The van der Waals surface area contributed by atoms with Gasteiger partial charge in [-0.3, -0.25) is 9.89 Å². The number of H-pyrrole nitrogens is 2. The molecule has 0 aliphatic heterocycles. The molecule has 0 saturated carbocycles. The third-order valence-corrected chi connectivity index (χ3v) is 2.98. The summed E-state index contributed by atoms with van der Waals surface area (Å²) in [5, 5.41) is 7.64. The second-order valence-electron chi connectivity index (χ2n) is 4.44. The van der Waals surface area contributed by atoms with Crippen LogP contribution < -0.4 is 10.3 Å². The number of rotatable bonds is 5. The van der Waals surface area contributed by atoms with Gasteiger partial charge in [-0.25, -0.2) is 4.98 Å². The number of nitrogens with zero attached hydrogens (tertiary/aromatic N) is 2. The van der Waals surface area contributed by atoms with E-state index in [4.69, 9.17) is 4.74 Å². The van der Waals surface area contributed by atoms with Gasteiger partial charge < -0.3 is 9.72 Å². The van der Waals surface area contributed by atoms with Gasteiger partial charge in [-0.1, -0.05) is 0 Å². The summed E-state index contributed by atoms with van der Waals surface area (Å²) in [6.45, 7) is 0.580. The average Bonchev–Trinajstić information content (AvgIpc) is 2.96. The van der Waals surface area contributed by atoms with E-state index in [2.05, 4.69) is 20.2 Å². The van der Waals surface area contributed by atoms with Gasteiger partial charge in [-0.15, -0.1) is 0 Å². The highest BCUT2D eigenvalue weighted by Gasteiger charge is 2.00. The zero-order valence-electron chi connectivity index (χ0n) is 10.8. The van der Waals surface area contributed by atoms with E-state index in [0.717, 1.165) is 35.3 Å². The molecule has 3 aromatic rings. The molecular weight excluding hydrogens is 256 g/mol. The Morgan fingerprint density at radius 2 is 2.10 bits per heavy atom. The Morgan fingerprint density at radius 3 is 2.95 bits per heavy atom. The summed E-state index contributed by atoms with van der Waals surface area (Å²) in [6.07, 6.45) is 3.17. The third kappa shape index (κ3) is 2.85. The maximum atomic E-state index is 11.3. The Morgan fingerprint density at radius 1 is 1.20 bits per heavy atom. The van der Waals surface area contributed by atoms with Gasteiger partial charge in [0.15, 0.2) is 0 Å². The first kappa shape index (κ1) is 12.4. The van der Waals surface area contributed by atoms with Crippen LogP contribution in [0.15, 0.2) is 41.5 Å². The Kier molecular flexibility index (Phi) is 3.45. The van der Waals surface area contributed by atoms with Crippen LogP contribution in [0.2, 0.25) is 0 Å². The van der Waals surface area contributed by atoms with Crippen molar-refractivity contribution in [1.29, 1.82) is 0 Å². The van der Waals surface area contributed by atoms with E-state index in [9.17, 15) is 4.79 Å². The molecule has 2 aromatic heterocycles. The van der Waals surface area contributed by atoms with Crippen LogP contribution in [0.5, 0.6) is 5.75 Å². The van der Waals surface area contributed by atoms with Crippen molar-refractivity contribution < 1.29 is 4.74 Å². The Labute approximate surface area is 114 Å². The van der Waals surface area contributed by atoms with E-state index in [1.807, 2.05) is 18.2 Å². The molecule has 0 radical (unpaired) electrons. The normalized spacial score (nSPS) is 10.8. The molecule has 102 valence electrons. The van der Waals surface area contributed by atoms with Crippen LogP contribution >= 0.6 is 0 Å². The van der Waals surface area contributed by atoms with Crippen molar-refractivity contribution in [3.63, 3.8) is 0 Å². The van der Waals surface area contributed by atoms with Gasteiger partial charge >= 0.3 is 0 Å². The molecule has 0 spiro atoms. The number of fused-ring (bicyclic) bond motifs is 1. The fourth-order valence-electron chi connectivity index (χ4n) is 2.00. The minimum absolute atomic E-state index is 0.112. The standard InChI is InChI=1S/C14H14N4O2/c19-14-6-4-10-3-5-11(8-12(10)17-14)20-7-1-2-13-15-9-16-18-13/h3-6,8-9H,1-2,7H2,(H,17,19)(H,15,16,18). The number of ether oxygens (including phenoxy) is 1. The van der Waals surface area contributed by atoms with Crippen LogP contribution in [0.3, 0.4) is 0 Å². The van der Waals surface area contributed by atoms with E-state index < -0.39 is 0 Å². The summed E-state index contributed by atoms with van der Waals surface area (Å²) >= 11 is 0. The highest BCUT2D eigenvalue weighted by atomic mass is 16.5. The fraction of sp³-hybridized carbons (Fsp3) is 0.214. The topological polar surface area (TPSA) is 83.7 Å². The highest BCUT2D eigenvalue weighted by Crippen LogP contribution is 2.18. The summed E-state index contributed by atoms with van der Waals surface area (Å²) in [4.78, 5) is 18.1. The van der Waals surface area contributed by atoms with Gasteiger partial charge in [0, 0.05) is 18.6 Å². The molecule has 2 N–H and O–H groups in total. The molecule has 0 fully saturated rings. The minimum atomic E-state index is -0.112. The molecule has 6 heteroatoms. The van der Waals surface area contributed by atoms with Crippen molar-refractivity contribution in [2.24, 2.45) is 0 Å². The molecule has 1 aromatic carbocycles. The van der Waals surface area contributed by atoms with E-state index >= 15 is 0 Å². The van der Waals surface area contributed by atoms with E-state index in [1.165, 1.54) is 6.07 Å². The number of aryl methyl sites for hydroxylation is 1. The van der Waals surface area contributed by atoms with Crippen molar-refractivity contribution in [2.75, 3.05) is 6.61 Å². The van der Waals surface area contributed by atoms with Gasteiger partial charge in [0.2, 0.25) is 5.56 Å². The quantitative estimate of drug-likeness (QED) is 0.691. The van der Waals surface area contributed by atoms with Crippen molar-refractivity contribution >= 4 is 10.9 Å². The van der Waals surface area contributed by atoms with E-state index in [0.29, 0.717) is 6.61 Å². The van der Waals surface area contributed by atoms with Crippen LogP contribution in [0.1, 0.15) is 12.2 Å². The monoisotopic (exact) mass is 270 g/mol. The molecule has 0 amide bonds. The molecule has 3 rings (SSSR count). The highest BCUT2D eigenvalue weighted by molar-refractivity contribution is 5.79. The summed E-state index contributed by atoms with van der Waals surface area (Å²) in [5.74, 6) is 1.53. The number of pyridine rings is 1. The summed E-state index contributed by atoms with van der Waals surface area (Å²) in [7, 11) is 0. The van der Waals surface area contributed by atoms with Crippen molar-refractivity contribution in [3.8, 4) is 5.75 Å². The van der Waals surface area contributed by atoms with Crippen molar-refractivity contribution in [3.05, 3.63) is 52.8 Å². The van der Waals surface area contributed by atoms with Crippen LogP contribution in [0.25, 0.3) is 10.9 Å². The first-order chi connectivity index (χ1) is 9.81. The zero-order valence-corrected chi connectivity index (χ0v) is 10.8. The lowest BCUT2D eigenvalue weighted by atomic mass is 10.2. The molecular formula is C14H14N4O2. The molecule has 0 atom stereocenters. The third-order valence-electron chi connectivity index (χ3n) is 2.98. The molecule has 0 bridgehead atoms. The molecule has 0 saturated heterocycles. The van der Waals surface area contributed by atoms with Crippen LogP contribution in [0.4, 0.5) is 0 Å². The minimum Gasteiger partial charge on any atom is -0.494 e. The van der Waals surface area contributed by atoms with Crippen LogP contribution in [-0.4, -0.2) is 26.8 Å². The molecule has 2 heterocycles. The second-order valence-corrected chi connectivity index (χ2v) is 4.44. The van der Waals surface area contributed by atoms with E-state index in [1.54, 1.807) is 12.4 Å². The lowest BCUT2D eigenvalue weighted by Crippen LogP contribution is -2.03. The second kappa shape index (κ2) is 5.56. The number of hydrogen-bond donors (Lipinski definition) is 2. The first-order valence-electron chi connectivity index (χ1n) is 6.42. The van der Waals surface area contributed by atoms with Crippen LogP contribution in [0, 0.1) is 0 Å². The van der Waals surface area contributed by atoms with Crippen LogP contribution in [-0.2, 0) is 6.42 Å². The SMILES string of the molecule is O=c1ccc2ccc(OCCCc3nc[nH]n3)cc2[nH]1. The molecule has 0 aliphatic rings. The first-order valence-corrected chi connectivity index (χ1v) is 6.42. The lowest BCUT2D eigenvalue weighted by Gasteiger charge is -2.06. The van der Waals surface area contributed by atoms with Gasteiger partial charge in [0.05, 0.1) is 12.1 Å². The summed E-state index contributed by atoms with van der Waals surface area (Å²) < 4.78 is 5.66. The number of hydrogen-bond acceptors (Lipinski definition) is 4. The molecule has 6 nitrogen and oxygen atoms in total. The molecule has 20 heavy (non-hydrogen) atoms. The van der Waals surface area contributed by atoms with Crippen molar-refractivity contribution in [2.45, 2.75) is 12.8 Å². The predicted octanol–water partition coefficient (Wildman–Crippen LogP) is 1.66. The fourth-order valence-corrected chi connectivity index (χ4v) is 2.00. The molecule has 0 aliphatic carbocycles. The number of aromatic nitrogens is 4. The lowest BCUT2D eigenvalue weighted by molar-refractivity contribution is 0.310. The zero-order chi connectivity index (χ0) is 13.8. The summed E-state index contributed by atoms with van der Waals surface area (Å²) in [6, 6.07) is 8.97. The maximum absolute atomic E-state index is 11.3. The maximum Gasteiger partial charge on any atom is 0.248 e. The van der Waals surface area contributed by atoms with Gasteiger partial charge in [-0.2, -0.15) is 5.10 Å². The largest absolute Gasteiger partial charge is 0.494 e. The summed E-state index contributed by atoms with van der Waals surface area (Å²) in [5.41, 5.74) is 0.670. The van der Waals surface area contributed by atoms with Gasteiger partial charge in [-0.05, 0) is 30.0 Å². The Hall–Kier alpha value is -2.63. The van der Waals surface area contributed by atoms with Gasteiger partial charge in [0.25, 0.3) is 0 Å². The number of nitrogens with one attached hydrogen (secondary N) is 2. The van der Waals surface area contributed by atoms with Gasteiger partial charge in [0.1, 0.15) is 17.9 Å². The smallest absolute Gasteiger partial charge is 0.248 e.